The number of rotatable bonds is 5. The standard InChI is InChI=1S/C30H24O2/c1-20(30(31)32)23-14-6-7-17-26(23)29(27-18-8-12-21-10-2-4-15-24(21)27)28-19-9-13-22-11-3-5-16-25(22)28/h2-20,29H,1H3,(H,31,32). The zero-order valence-electron chi connectivity index (χ0n) is 17.9. The van der Waals surface area contributed by atoms with Gasteiger partial charge in [0.15, 0.2) is 0 Å². The fourth-order valence-electron chi connectivity index (χ4n) is 4.81. The molecule has 2 heteroatoms. The minimum absolute atomic E-state index is 0.0924. The Morgan fingerprint density at radius 2 is 0.969 bits per heavy atom. The molecular formula is C30H24O2. The molecule has 1 atom stereocenters. The number of hydrogen-bond donors (Lipinski definition) is 1. The molecule has 0 aliphatic rings. The van der Waals surface area contributed by atoms with Gasteiger partial charge in [0.25, 0.3) is 0 Å². The third kappa shape index (κ3) is 3.44. The van der Waals surface area contributed by atoms with Crippen molar-refractivity contribution in [2.45, 2.75) is 18.8 Å². The van der Waals surface area contributed by atoms with Crippen molar-refractivity contribution in [3.63, 3.8) is 0 Å². The fraction of sp³-hybridized carbons (Fsp3) is 0.100. The van der Waals surface area contributed by atoms with Crippen molar-refractivity contribution in [1.82, 2.24) is 0 Å². The molecule has 5 aromatic carbocycles. The van der Waals surface area contributed by atoms with E-state index in [0.717, 1.165) is 11.1 Å². The molecule has 2 nitrogen and oxygen atoms in total. The maximum Gasteiger partial charge on any atom is 0.310 e. The van der Waals surface area contributed by atoms with Gasteiger partial charge in [-0.3, -0.25) is 4.79 Å². The van der Waals surface area contributed by atoms with Gasteiger partial charge in [0.2, 0.25) is 0 Å². The molecule has 0 fully saturated rings. The molecule has 1 N–H and O–H groups in total. The summed E-state index contributed by atoms with van der Waals surface area (Å²) in [5, 5.41) is 14.6. The highest BCUT2D eigenvalue weighted by Gasteiger charge is 2.26. The summed E-state index contributed by atoms with van der Waals surface area (Å²) < 4.78 is 0. The topological polar surface area (TPSA) is 37.3 Å². The molecule has 0 spiro atoms. The molecule has 0 aromatic heterocycles. The summed E-state index contributed by atoms with van der Waals surface area (Å²) >= 11 is 0. The molecule has 1 unspecified atom stereocenters. The largest absolute Gasteiger partial charge is 0.481 e. The van der Waals surface area contributed by atoms with E-state index in [1.807, 2.05) is 18.2 Å². The number of carboxylic acids is 1. The van der Waals surface area contributed by atoms with Gasteiger partial charge in [0, 0.05) is 5.92 Å². The Morgan fingerprint density at radius 3 is 1.50 bits per heavy atom. The Hall–Kier alpha value is -3.91. The fourth-order valence-corrected chi connectivity index (χ4v) is 4.81. The van der Waals surface area contributed by atoms with Crippen molar-refractivity contribution in [3.8, 4) is 0 Å². The maximum absolute atomic E-state index is 12.0. The minimum Gasteiger partial charge on any atom is -0.481 e. The van der Waals surface area contributed by atoms with Crippen LogP contribution in [0, 0.1) is 0 Å². The van der Waals surface area contributed by atoms with E-state index in [1.165, 1.54) is 32.7 Å². The van der Waals surface area contributed by atoms with Crippen LogP contribution in [0.4, 0.5) is 0 Å². The van der Waals surface area contributed by atoms with Crippen LogP contribution in [-0.4, -0.2) is 11.1 Å². The molecule has 0 bridgehead atoms. The second-order valence-electron chi connectivity index (χ2n) is 8.26. The second kappa shape index (κ2) is 8.32. The van der Waals surface area contributed by atoms with E-state index in [0.29, 0.717) is 0 Å². The monoisotopic (exact) mass is 416 g/mol. The lowest BCUT2D eigenvalue weighted by molar-refractivity contribution is -0.138. The molecule has 156 valence electrons. The maximum atomic E-state index is 12.0. The van der Waals surface area contributed by atoms with Crippen molar-refractivity contribution < 1.29 is 9.90 Å². The summed E-state index contributed by atoms with van der Waals surface area (Å²) in [6.07, 6.45) is 0. The first kappa shape index (κ1) is 20.0. The molecule has 0 amide bonds. The quantitative estimate of drug-likeness (QED) is 0.304. The zero-order valence-corrected chi connectivity index (χ0v) is 17.9. The van der Waals surface area contributed by atoms with Gasteiger partial charge >= 0.3 is 5.97 Å². The lowest BCUT2D eigenvalue weighted by Crippen LogP contribution is -2.14. The molecular weight excluding hydrogens is 392 g/mol. The van der Waals surface area contributed by atoms with Crippen molar-refractivity contribution in [2.24, 2.45) is 0 Å². The summed E-state index contributed by atoms with van der Waals surface area (Å²) in [7, 11) is 0. The van der Waals surface area contributed by atoms with Crippen LogP contribution in [0.5, 0.6) is 0 Å². The van der Waals surface area contributed by atoms with Gasteiger partial charge in [-0.05, 0) is 50.7 Å². The Labute approximate surface area is 187 Å². The Balaban J connectivity index is 1.87. The van der Waals surface area contributed by atoms with E-state index in [-0.39, 0.29) is 5.92 Å². The third-order valence-electron chi connectivity index (χ3n) is 6.41. The van der Waals surface area contributed by atoms with Gasteiger partial charge in [-0.15, -0.1) is 0 Å². The average molecular weight is 417 g/mol. The minimum atomic E-state index is -0.813. The summed E-state index contributed by atoms with van der Waals surface area (Å²) in [5.41, 5.74) is 4.26. The van der Waals surface area contributed by atoms with Crippen LogP contribution >= 0.6 is 0 Å². The zero-order chi connectivity index (χ0) is 22.1. The van der Waals surface area contributed by atoms with Gasteiger partial charge in [-0.1, -0.05) is 109 Å². The van der Waals surface area contributed by atoms with Crippen LogP contribution in [0.1, 0.15) is 41.0 Å². The highest BCUT2D eigenvalue weighted by molar-refractivity contribution is 5.91. The highest BCUT2D eigenvalue weighted by atomic mass is 16.4. The van der Waals surface area contributed by atoms with Crippen molar-refractivity contribution in [1.29, 1.82) is 0 Å². The Bertz CT molecular complexity index is 1340. The molecule has 0 aliphatic carbocycles. The van der Waals surface area contributed by atoms with Crippen molar-refractivity contribution in [3.05, 3.63) is 131 Å². The van der Waals surface area contributed by atoms with Gasteiger partial charge in [0.1, 0.15) is 0 Å². The number of hydrogen-bond acceptors (Lipinski definition) is 1. The van der Waals surface area contributed by atoms with Crippen molar-refractivity contribution in [2.75, 3.05) is 0 Å². The van der Waals surface area contributed by atoms with Crippen LogP contribution in [0.15, 0.2) is 109 Å². The molecule has 0 aliphatic heterocycles. The summed E-state index contributed by atoms with van der Waals surface area (Å²) in [5.74, 6) is -1.50. The van der Waals surface area contributed by atoms with E-state index in [9.17, 15) is 9.90 Å². The van der Waals surface area contributed by atoms with Gasteiger partial charge in [-0.25, -0.2) is 0 Å². The molecule has 0 radical (unpaired) electrons. The second-order valence-corrected chi connectivity index (χ2v) is 8.26. The van der Waals surface area contributed by atoms with Crippen LogP contribution in [-0.2, 0) is 4.79 Å². The highest BCUT2D eigenvalue weighted by Crippen LogP contribution is 2.41. The number of benzene rings is 5. The number of carboxylic acid groups (broad SMARTS) is 1. The Morgan fingerprint density at radius 1 is 0.562 bits per heavy atom. The predicted molar refractivity (Wildman–Crippen MR) is 131 cm³/mol. The molecule has 5 rings (SSSR count). The molecule has 5 aromatic rings. The van der Waals surface area contributed by atoms with Crippen LogP contribution in [0.3, 0.4) is 0 Å². The van der Waals surface area contributed by atoms with E-state index in [1.54, 1.807) is 6.92 Å². The Kier molecular flexibility index (Phi) is 5.20. The molecule has 0 saturated carbocycles. The number of carbonyl (C=O) groups is 1. The van der Waals surface area contributed by atoms with Gasteiger partial charge < -0.3 is 5.11 Å². The smallest absolute Gasteiger partial charge is 0.310 e. The first-order valence-electron chi connectivity index (χ1n) is 10.9. The molecule has 0 heterocycles. The normalized spacial score (nSPS) is 12.3. The van der Waals surface area contributed by atoms with Gasteiger partial charge in [-0.2, -0.15) is 0 Å². The van der Waals surface area contributed by atoms with E-state index >= 15 is 0 Å². The lowest BCUT2D eigenvalue weighted by Gasteiger charge is -2.26. The summed E-state index contributed by atoms with van der Waals surface area (Å²) in [6, 6.07) is 37.6. The van der Waals surface area contributed by atoms with E-state index in [2.05, 4.69) is 91.0 Å². The molecule has 0 saturated heterocycles. The number of aliphatic carboxylic acids is 1. The van der Waals surface area contributed by atoms with E-state index in [4.69, 9.17) is 0 Å². The van der Waals surface area contributed by atoms with Crippen LogP contribution in [0.25, 0.3) is 21.5 Å². The van der Waals surface area contributed by atoms with E-state index < -0.39 is 11.9 Å². The average Bonchev–Trinajstić information content (AvgIpc) is 2.84. The van der Waals surface area contributed by atoms with Crippen molar-refractivity contribution >= 4 is 27.5 Å². The third-order valence-corrected chi connectivity index (χ3v) is 6.41. The van der Waals surface area contributed by atoms with Crippen LogP contribution < -0.4 is 0 Å². The summed E-state index contributed by atoms with van der Waals surface area (Å²) in [4.78, 5) is 12.0. The number of fused-ring (bicyclic) bond motifs is 2. The lowest BCUT2D eigenvalue weighted by atomic mass is 9.77. The predicted octanol–water partition coefficient (Wildman–Crippen LogP) is 7.36. The van der Waals surface area contributed by atoms with Crippen LogP contribution in [0.2, 0.25) is 0 Å². The SMILES string of the molecule is CC(C(=O)O)c1ccccc1C(c1cccc2ccccc12)c1cccc2ccccc12. The first-order valence-corrected chi connectivity index (χ1v) is 10.9. The molecule has 32 heavy (non-hydrogen) atoms. The van der Waals surface area contributed by atoms with Gasteiger partial charge in [0.05, 0.1) is 5.92 Å². The first-order chi connectivity index (χ1) is 15.6. The summed E-state index contributed by atoms with van der Waals surface area (Å²) in [6.45, 7) is 1.77.